The van der Waals surface area contributed by atoms with Crippen LogP contribution >= 0.6 is 23.4 Å². The predicted molar refractivity (Wildman–Crippen MR) is 78.8 cm³/mol. The van der Waals surface area contributed by atoms with E-state index in [0.717, 1.165) is 26.5 Å². The van der Waals surface area contributed by atoms with Crippen LogP contribution in [0.1, 0.15) is 24.4 Å². The van der Waals surface area contributed by atoms with Gasteiger partial charge in [-0.2, -0.15) is 0 Å². The molecule has 0 spiro atoms. The van der Waals surface area contributed by atoms with Gasteiger partial charge < -0.3 is 9.88 Å². The molecule has 1 aromatic heterocycles. The van der Waals surface area contributed by atoms with Gasteiger partial charge in [-0.25, -0.2) is 0 Å². The van der Waals surface area contributed by atoms with Crippen LogP contribution in [0.2, 0.25) is 5.02 Å². The first-order chi connectivity index (χ1) is 9.02. The number of aromatic nitrogens is 3. The van der Waals surface area contributed by atoms with Crippen molar-refractivity contribution in [2.24, 2.45) is 7.05 Å². The summed E-state index contributed by atoms with van der Waals surface area (Å²) in [7, 11) is 3.88. The van der Waals surface area contributed by atoms with E-state index in [9.17, 15) is 0 Å². The lowest BCUT2D eigenvalue weighted by atomic mass is 10.1. The fourth-order valence-electron chi connectivity index (χ4n) is 1.66. The summed E-state index contributed by atoms with van der Waals surface area (Å²) in [6, 6.07) is 6.32. The first-order valence-electron chi connectivity index (χ1n) is 6.03. The van der Waals surface area contributed by atoms with Crippen molar-refractivity contribution < 1.29 is 0 Å². The van der Waals surface area contributed by atoms with E-state index in [1.165, 1.54) is 0 Å². The summed E-state index contributed by atoms with van der Waals surface area (Å²) in [5, 5.41) is 13.0. The normalized spacial score (nSPS) is 12.7. The molecule has 102 valence electrons. The Morgan fingerprint density at radius 3 is 2.63 bits per heavy atom. The molecule has 6 heteroatoms. The fraction of sp³-hybridized carbons (Fsp3) is 0.385. The second-order valence-electron chi connectivity index (χ2n) is 4.38. The smallest absolute Gasteiger partial charge is 0.195 e. The van der Waals surface area contributed by atoms with Crippen molar-refractivity contribution in [1.29, 1.82) is 0 Å². The Balaban J connectivity index is 2.23. The molecule has 0 saturated heterocycles. The number of nitrogens with one attached hydrogen (secondary N) is 1. The van der Waals surface area contributed by atoms with E-state index in [1.807, 2.05) is 31.7 Å². The van der Waals surface area contributed by atoms with Crippen molar-refractivity contribution in [2.75, 3.05) is 7.05 Å². The highest BCUT2D eigenvalue weighted by Gasteiger charge is 2.11. The third kappa shape index (κ3) is 3.11. The number of aryl methyl sites for hydroxylation is 1. The van der Waals surface area contributed by atoms with Gasteiger partial charge in [-0.05, 0) is 50.4 Å². The maximum absolute atomic E-state index is 6.32. The van der Waals surface area contributed by atoms with Gasteiger partial charge in [0.2, 0.25) is 0 Å². The molecule has 1 heterocycles. The zero-order chi connectivity index (χ0) is 14.0. The molecule has 0 aliphatic carbocycles. The Kier molecular flexibility index (Phi) is 4.50. The van der Waals surface area contributed by atoms with E-state index in [-0.39, 0.29) is 6.04 Å². The molecule has 0 radical (unpaired) electrons. The van der Waals surface area contributed by atoms with Crippen molar-refractivity contribution in [1.82, 2.24) is 20.1 Å². The van der Waals surface area contributed by atoms with Crippen LogP contribution in [-0.2, 0) is 7.05 Å². The highest BCUT2D eigenvalue weighted by molar-refractivity contribution is 7.99. The van der Waals surface area contributed by atoms with Crippen molar-refractivity contribution in [2.45, 2.75) is 29.9 Å². The van der Waals surface area contributed by atoms with E-state index in [4.69, 9.17) is 11.6 Å². The summed E-state index contributed by atoms with van der Waals surface area (Å²) in [6.45, 7) is 4.02. The van der Waals surface area contributed by atoms with E-state index in [0.29, 0.717) is 0 Å². The standard InChI is InChI=1S/C13H17ClN4S/c1-8(15-3)11-6-5-10(7-12(11)14)19-13-17-16-9(2)18(13)4/h5-8,15H,1-4H3. The maximum atomic E-state index is 6.32. The third-order valence-electron chi connectivity index (χ3n) is 3.13. The minimum Gasteiger partial charge on any atom is -0.313 e. The first kappa shape index (κ1) is 14.4. The molecule has 1 N–H and O–H groups in total. The minimum atomic E-state index is 0.239. The Labute approximate surface area is 122 Å². The van der Waals surface area contributed by atoms with Crippen LogP contribution in [0.15, 0.2) is 28.3 Å². The molecule has 0 aliphatic heterocycles. The first-order valence-corrected chi connectivity index (χ1v) is 7.23. The Hall–Kier alpha value is -1.04. The van der Waals surface area contributed by atoms with Crippen LogP contribution in [-0.4, -0.2) is 21.8 Å². The topological polar surface area (TPSA) is 42.7 Å². The van der Waals surface area contributed by atoms with E-state index in [2.05, 4.69) is 34.6 Å². The Morgan fingerprint density at radius 1 is 1.37 bits per heavy atom. The molecule has 2 rings (SSSR count). The van der Waals surface area contributed by atoms with Crippen molar-refractivity contribution in [3.63, 3.8) is 0 Å². The van der Waals surface area contributed by atoms with Gasteiger partial charge in [-0.3, -0.25) is 0 Å². The number of benzene rings is 1. The predicted octanol–water partition coefficient (Wildman–Crippen LogP) is 3.21. The summed E-state index contributed by atoms with van der Waals surface area (Å²) in [5.74, 6) is 0.897. The summed E-state index contributed by atoms with van der Waals surface area (Å²) in [6.07, 6.45) is 0. The molecule has 0 fully saturated rings. The zero-order valence-electron chi connectivity index (χ0n) is 11.4. The number of nitrogens with zero attached hydrogens (tertiary/aromatic N) is 3. The van der Waals surface area contributed by atoms with Gasteiger partial charge >= 0.3 is 0 Å². The van der Waals surface area contributed by atoms with E-state index in [1.54, 1.807) is 11.8 Å². The van der Waals surface area contributed by atoms with E-state index >= 15 is 0 Å². The van der Waals surface area contributed by atoms with Crippen LogP contribution in [0, 0.1) is 6.92 Å². The summed E-state index contributed by atoms with van der Waals surface area (Å²) >= 11 is 7.88. The maximum Gasteiger partial charge on any atom is 0.195 e. The van der Waals surface area contributed by atoms with Gasteiger partial charge in [0.15, 0.2) is 5.16 Å². The van der Waals surface area contributed by atoms with Crippen LogP contribution in [0.25, 0.3) is 0 Å². The second-order valence-corrected chi connectivity index (χ2v) is 5.83. The molecule has 0 saturated carbocycles. The largest absolute Gasteiger partial charge is 0.313 e. The summed E-state index contributed by atoms with van der Waals surface area (Å²) < 4.78 is 1.96. The Bertz CT molecular complexity index is 582. The SMILES string of the molecule is CNC(C)c1ccc(Sc2nnc(C)n2C)cc1Cl. The molecule has 1 atom stereocenters. The van der Waals surface area contributed by atoms with Gasteiger partial charge in [0, 0.05) is 23.0 Å². The number of rotatable bonds is 4. The lowest BCUT2D eigenvalue weighted by Gasteiger charge is -2.13. The molecular formula is C13H17ClN4S. The summed E-state index contributed by atoms with van der Waals surface area (Å²) in [5.41, 5.74) is 1.10. The highest BCUT2D eigenvalue weighted by Crippen LogP contribution is 2.31. The quantitative estimate of drug-likeness (QED) is 0.941. The highest BCUT2D eigenvalue weighted by atomic mass is 35.5. The monoisotopic (exact) mass is 296 g/mol. The Morgan fingerprint density at radius 2 is 2.11 bits per heavy atom. The van der Waals surface area contributed by atoms with Crippen molar-refractivity contribution in [3.05, 3.63) is 34.6 Å². The molecular weight excluding hydrogens is 280 g/mol. The van der Waals surface area contributed by atoms with Gasteiger partial charge in [-0.15, -0.1) is 10.2 Å². The second kappa shape index (κ2) is 5.94. The minimum absolute atomic E-state index is 0.239. The van der Waals surface area contributed by atoms with Gasteiger partial charge in [0.1, 0.15) is 5.82 Å². The third-order valence-corrected chi connectivity index (χ3v) is 4.49. The van der Waals surface area contributed by atoms with Gasteiger partial charge in [-0.1, -0.05) is 17.7 Å². The van der Waals surface area contributed by atoms with Crippen molar-refractivity contribution in [3.8, 4) is 0 Å². The average Bonchev–Trinajstić information content (AvgIpc) is 2.70. The van der Waals surface area contributed by atoms with Crippen molar-refractivity contribution >= 4 is 23.4 Å². The zero-order valence-corrected chi connectivity index (χ0v) is 13.0. The van der Waals surface area contributed by atoms with Crippen LogP contribution in [0.4, 0.5) is 0 Å². The van der Waals surface area contributed by atoms with Crippen LogP contribution in [0.5, 0.6) is 0 Å². The molecule has 4 nitrogen and oxygen atoms in total. The molecule has 2 aromatic rings. The number of halogens is 1. The fourth-order valence-corrected chi connectivity index (χ4v) is 2.94. The lowest BCUT2D eigenvalue weighted by Crippen LogP contribution is -2.12. The van der Waals surface area contributed by atoms with E-state index < -0.39 is 0 Å². The van der Waals surface area contributed by atoms with Crippen LogP contribution in [0.3, 0.4) is 0 Å². The number of hydrogen-bond donors (Lipinski definition) is 1. The average molecular weight is 297 g/mol. The molecule has 0 amide bonds. The molecule has 0 bridgehead atoms. The summed E-state index contributed by atoms with van der Waals surface area (Å²) in [4.78, 5) is 1.06. The van der Waals surface area contributed by atoms with Gasteiger partial charge in [0.05, 0.1) is 0 Å². The van der Waals surface area contributed by atoms with Crippen LogP contribution < -0.4 is 5.32 Å². The molecule has 19 heavy (non-hydrogen) atoms. The molecule has 1 aromatic carbocycles. The molecule has 1 unspecified atom stereocenters. The van der Waals surface area contributed by atoms with Gasteiger partial charge in [0.25, 0.3) is 0 Å². The lowest BCUT2D eigenvalue weighted by molar-refractivity contribution is 0.652. The number of hydrogen-bond acceptors (Lipinski definition) is 4. The molecule has 0 aliphatic rings.